The molecule has 1 heterocycles. The maximum absolute atomic E-state index is 11.5. The first kappa shape index (κ1) is 26.6. The van der Waals surface area contributed by atoms with Crippen LogP contribution in [0.1, 0.15) is 91.9 Å². The second-order valence-corrected chi connectivity index (χ2v) is 15.3. The van der Waals surface area contributed by atoms with Crippen LogP contribution in [0.3, 0.4) is 0 Å². The molecule has 31 heavy (non-hydrogen) atoms. The molecule has 180 valence electrons. The van der Waals surface area contributed by atoms with Crippen LogP contribution in [0.25, 0.3) is 0 Å². The van der Waals surface area contributed by atoms with E-state index in [1.165, 1.54) is 12.0 Å². The van der Waals surface area contributed by atoms with Crippen LogP contribution in [0.15, 0.2) is 11.6 Å². The Hall–Kier alpha value is -0.693. The van der Waals surface area contributed by atoms with Crippen LogP contribution >= 0.6 is 0 Å². The summed E-state index contributed by atoms with van der Waals surface area (Å²) in [7, 11) is -1.85. The maximum Gasteiger partial charge on any atom is 0.305 e. The molecule has 0 bridgehead atoms. The fraction of sp³-hybridized carbons (Fsp3) is 0.880. The summed E-state index contributed by atoms with van der Waals surface area (Å²) in [6, 6.07) is 0. The summed E-state index contributed by atoms with van der Waals surface area (Å²) >= 11 is 0. The van der Waals surface area contributed by atoms with Gasteiger partial charge in [-0.25, -0.2) is 0 Å². The Morgan fingerprint density at radius 3 is 2.55 bits per heavy atom. The van der Waals surface area contributed by atoms with Gasteiger partial charge in [-0.2, -0.15) is 0 Å². The van der Waals surface area contributed by atoms with Crippen molar-refractivity contribution in [2.45, 2.75) is 129 Å². The van der Waals surface area contributed by atoms with Gasteiger partial charge in [0.25, 0.3) is 0 Å². The normalized spacial score (nSPS) is 24.8. The smallest absolute Gasteiger partial charge is 0.305 e. The second-order valence-electron chi connectivity index (χ2n) is 10.5. The van der Waals surface area contributed by atoms with Crippen molar-refractivity contribution in [3.05, 3.63) is 11.6 Å². The van der Waals surface area contributed by atoms with Crippen molar-refractivity contribution in [2.24, 2.45) is 0 Å². The molecule has 0 amide bonds. The number of hydrogen-bond donors (Lipinski definition) is 0. The summed E-state index contributed by atoms with van der Waals surface area (Å²) in [5.41, 5.74) is 1.40. The van der Waals surface area contributed by atoms with Crippen LogP contribution in [0.5, 0.6) is 0 Å². The van der Waals surface area contributed by atoms with Gasteiger partial charge in [-0.15, -0.1) is 0 Å². The van der Waals surface area contributed by atoms with Crippen LogP contribution in [0.4, 0.5) is 0 Å². The molecular formula is C25H46O5Si. The van der Waals surface area contributed by atoms with E-state index >= 15 is 0 Å². The molecule has 0 aromatic rings. The number of unbranched alkanes of at least 4 members (excludes halogenated alkanes) is 3. The molecule has 5 nitrogen and oxygen atoms in total. The van der Waals surface area contributed by atoms with Gasteiger partial charge >= 0.3 is 5.97 Å². The summed E-state index contributed by atoms with van der Waals surface area (Å²) in [6.07, 6.45) is 12.5. The standard InChI is InChI=1S/C25H46O5Si/c1-7-27-23(26)15-11-9-8-10-14-20-18-21(29-24-16-12-13-17-28-24)19-22(20)30-31(5,6)25(2,3)4/h18,21-22,24H,7-17,19H2,1-6H3/t21-,22?,24?/m0/s1. The second kappa shape index (κ2) is 12.5. The molecule has 0 N–H and O–H groups in total. The maximum atomic E-state index is 11.5. The molecule has 6 heteroatoms. The molecule has 2 unspecified atom stereocenters. The number of rotatable bonds is 12. The molecule has 0 aromatic carbocycles. The third-order valence-corrected chi connectivity index (χ3v) is 11.4. The van der Waals surface area contributed by atoms with Crippen LogP contribution < -0.4 is 0 Å². The molecule has 2 aliphatic rings. The largest absolute Gasteiger partial charge is 0.466 e. The minimum absolute atomic E-state index is 0.0641. The molecule has 3 atom stereocenters. The van der Waals surface area contributed by atoms with Crippen LogP contribution in [-0.2, 0) is 23.4 Å². The number of esters is 1. The lowest BCUT2D eigenvalue weighted by Crippen LogP contribution is -2.44. The highest BCUT2D eigenvalue weighted by Gasteiger charge is 2.41. The Bertz CT molecular complexity index is 575. The molecule has 1 aliphatic heterocycles. The number of ether oxygens (including phenoxy) is 3. The first-order valence-corrected chi connectivity index (χ1v) is 15.3. The quantitative estimate of drug-likeness (QED) is 0.145. The van der Waals surface area contributed by atoms with Crippen LogP contribution in [0, 0.1) is 0 Å². The van der Waals surface area contributed by atoms with Gasteiger partial charge < -0.3 is 18.6 Å². The van der Waals surface area contributed by atoms with E-state index in [-0.39, 0.29) is 29.5 Å². The predicted molar refractivity (Wildman–Crippen MR) is 128 cm³/mol. The SMILES string of the molecule is CCOC(=O)CCCCCCC1=C[C@H](OC2CCCCO2)CC1O[Si](C)(C)C(C)(C)C. The van der Waals surface area contributed by atoms with Gasteiger partial charge in [0.2, 0.25) is 0 Å². The topological polar surface area (TPSA) is 54.0 Å². The fourth-order valence-corrected chi connectivity index (χ4v) is 5.28. The highest BCUT2D eigenvalue weighted by Crippen LogP contribution is 2.41. The zero-order valence-electron chi connectivity index (χ0n) is 20.8. The van der Waals surface area contributed by atoms with Gasteiger partial charge in [0, 0.05) is 19.4 Å². The zero-order valence-corrected chi connectivity index (χ0v) is 21.8. The Morgan fingerprint density at radius 2 is 1.90 bits per heavy atom. The lowest BCUT2D eigenvalue weighted by Gasteiger charge is -2.39. The van der Waals surface area contributed by atoms with Crippen LogP contribution in [-0.4, -0.2) is 46.0 Å². The van der Waals surface area contributed by atoms with Gasteiger partial charge in [-0.1, -0.05) is 39.7 Å². The zero-order chi connectivity index (χ0) is 22.9. The van der Waals surface area contributed by atoms with Crippen molar-refractivity contribution < 1.29 is 23.4 Å². The average Bonchev–Trinajstić information content (AvgIpc) is 3.05. The van der Waals surface area contributed by atoms with E-state index in [1.54, 1.807) is 0 Å². The molecule has 0 aromatic heterocycles. The molecule has 0 saturated carbocycles. The third-order valence-electron chi connectivity index (χ3n) is 6.87. The lowest BCUT2D eigenvalue weighted by atomic mass is 10.0. The first-order valence-electron chi connectivity index (χ1n) is 12.4. The van der Waals surface area contributed by atoms with Crippen molar-refractivity contribution in [3.8, 4) is 0 Å². The molecule has 1 aliphatic carbocycles. The number of hydrogen-bond acceptors (Lipinski definition) is 5. The van der Waals surface area contributed by atoms with Gasteiger partial charge in [0.15, 0.2) is 14.6 Å². The minimum atomic E-state index is -1.85. The monoisotopic (exact) mass is 454 g/mol. The van der Waals surface area contributed by atoms with Crippen molar-refractivity contribution >= 4 is 14.3 Å². The average molecular weight is 455 g/mol. The summed E-state index contributed by atoms with van der Waals surface area (Å²) < 4.78 is 23.9. The third kappa shape index (κ3) is 8.99. The number of carbonyl (C=O) groups is 1. The molecule has 0 spiro atoms. The molecule has 0 radical (unpaired) electrons. The summed E-state index contributed by atoms with van der Waals surface area (Å²) in [5.74, 6) is -0.0752. The van der Waals surface area contributed by atoms with E-state index in [4.69, 9.17) is 18.6 Å². The summed E-state index contributed by atoms with van der Waals surface area (Å²) in [5, 5.41) is 0.191. The molecule has 1 fully saturated rings. The van der Waals surface area contributed by atoms with Crippen LogP contribution in [0.2, 0.25) is 18.1 Å². The van der Waals surface area contributed by atoms with E-state index in [0.717, 1.165) is 58.0 Å². The molecule has 1 saturated heterocycles. The van der Waals surface area contributed by atoms with Gasteiger partial charge in [0.05, 0.1) is 18.8 Å². The highest BCUT2D eigenvalue weighted by molar-refractivity contribution is 6.74. The van der Waals surface area contributed by atoms with E-state index in [9.17, 15) is 4.79 Å². The van der Waals surface area contributed by atoms with Crippen molar-refractivity contribution in [2.75, 3.05) is 13.2 Å². The van der Waals surface area contributed by atoms with Gasteiger partial charge in [0.1, 0.15) is 0 Å². The van der Waals surface area contributed by atoms with Crippen molar-refractivity contribution in [1.29, 1.82) is 0 Å². The minimum Gasteiger partial charge on any atom is -0.466 e. The first-order chi connectivity index (χ1) is 14.6. The Balaban J connectivity index is 1.87. The summed E-state index contributed by atoms with van der Waals surface area (Å²) in [4.78, 5) is 11.5. The Kier molecular flexibility index (Phi) is 10.7. The van der Waals surface area contributed by atoms with Gasteiger partial charge in [-0.05, 0) is 69.2 Å². The lowest BCUT2D eigenvalue weighted by molar-refractivity contribution is -0.179. The van der Waals surface area contributed by atoms with E-state index in [2.05, 4.69) is 39.9 Å². The molecule has 2 rings (SSSR count). The van der Waals surface area contributed by atoms with Crippen molar-refractivity contribution in [1.82, 2.24) is 0 Å². The Morgan fingerprint density at radius 1 is 1.16 bits per heavy atom. The van der Waals surface area contributed by atoms with E-state index in [0.29, 0.717) is 13.0 Å². The molecular weight excluding hydrogens is 408 g/mol. The highest BCUT2D eigenvalue weighted by atomic mass is 28.4. The van der Waals surface area contributed by atoms with E-state index in [1.807, 2.05) is 6.92 Å². The number of carbonyl (C=O) groups excluding carboxylic acids is 1. The van der Waals surface area contributed by atoms with E-state index < -0.39 is 8.32 Å². The Labute approximate surface area is 191 Å². The van der Waals surface area contributed by atoms with Crippen molar-refractivity contribution in [3.63, 3.8) is 0 Å². The predicted octanol–water partition coefficient (Wildman–Crippen LogP) is 6.52. The summed E-state index contributed by atoms with van der Waals surface area (Å²) in [6.45, 7) is 14.7. The fourth-order valence-electron chi connectivity index (χ4n) is 3.97. The van der Waals surface area contributed by atoms with Gasteiger partial charge in [-0.3, -0.25) is 4.79 Å².